The van der Waals surface area contributed by atoms with Crippen molar-refractivity contribution >= 4 is 46.2 Å². The van der Waals surface area contributed by atoms with E-state index in [1.807, 2.05) is 66.7 Å². The molecule has 2 N–H and O–H groups in total. The summed E-state index contributed by atoms with van der Waals surface area (Å²) in [4.78, 5) is 23.3. The van der Waals surface area contributed by atoms with Crippen LogP contribution >= 0.6 is 23.8 Å². The van der Waals surface area contributed by atoms with Gasteiger partial charge in [-0.05, 0) is 73.2 Å². The topological polar surface area (TPSA) is 84.3 Å². The van der Waals surface area contributed by atoms with Crippen LogP contribution in [0.15, 0.2) is 79.3 Å². The van der Waals surface area contributed by atoms with Crippen LogP contribution < -0.4 is 15.5 Å². The Bertz CT molecular complexity index is 1430. The second kappa shape index (κ2) is 10.7. The number of aryl methyl sites for hydroxylation is 1. The van der Waals surface area contributed by atoms with Crippen molar-refractivity contribution in [2.24, 2.45) is 0 Å². The Balaban J connectivity index is 1.58. The molecule has 1 aromatic carbocycles. The van der Waals surface area contributed by atoms with Crippen molar-refractivity contribution in [3.05, 3.63) is 101 Å². The van der Waals surface area contributed by atoms with E-state index in [-0.39, 0.29) is 24.6 Å². The molecule has 5 rings (SSSR count). The number of nitrogens with one attached hydrogen (secondary N) is 2. The zero-order chi connectivity index (χ0) is 25.9. The van der Waals surface area contributed by atoms with Crippen LogP contribution in [0.1, 0.15) is 29.0 Å². The van der Waals surface area contributed by atoms with Crippen molar-refractivity contribution in [2.45, 2.75) is 19.0 Å². The summed E-state index contributed by atoms with van der Waals surface area (Å²) in [7, 11) is 1.46. The molecule has 1 fully saturated rings. The monoisotopic (exact) mass is 532 g/mol. The molecular weight excluding hydrogens is 508 g/mol. The molecule has 8 nitrogen and oxygen atoms in total. The largest absolute Gasteiger partial charge is 0.375 e. The maximum absolute atomic E-state index is 12.0. The number of pyridine rings is 2. The molecule has 1 saturated heterocycles. The number of carbonyl (C=O) groups is 1. The molecule has 0 aliphatic carbocycles. The fraction of sp³-hybridized carbons (Fsp3) is 0.185. The van der Waals surface area contributed by atoms with E-state index in [2.05, 4.69) is 31.2 Å². The van der Waals surface area contributed by atoms with E-state index in [0.717, 1.165) is 28.5 Å². The summed E-state index contributed by atoms with van der Waals surface area (Å²) in [5, 5.41) is 7.15. The maximum Gasteiger partial charge on any atom is 0.250 e. The van der Waals surface area contributed by atoms with Crippen LogP contribution in [0, 0.1) is 6.92 Å². The number of amides is 1. The number of anilines is 2. The minimum atomic E-state index is -0.285. The summed E-state index contributed by atoms with van der Waals surface area (Å²) in [6.45, 7) is 1.95. The van der Waals surface area contributed by atoms with Gasteiger partial charge in [0, 0.05) is 37.1 Å². The van der Waals surface area contributed by atoms with Gasteiger partial charge in [-0.3, -0.25) is 9.78 Å². The van der Waals surface area contributed by atoms with Crippen molar-refractivity contribution in [1.82, 2.24) is 19.9 Å². The van der Waals surface area contributed by atoms with Crippen LogP contribution in [0.2, 0.25) is 5.02 Å². The van der Waals surface area contributed by atoms with Gasteiger partial charge in [-0.15, -0.1) is 0 Å². The maximum atomic E-state index is 12.0. The number of rotatable bonds is 7. The highest BCUT2D eigenvalue weighted by molar-refractivity contribution is 7.80. The molecule has 0 unspecified atom stereocenters. The van der Waals surface area contributed by atoms with Gasteiger partial charge >= 0.3 is 0 Å². The van der Waals surface area contributed by atoms with Crippen molar-refractivity contribution in [1.29, 1.82) is 0 Å². The van der Waals surface area contributed by atoms with Crippen molar-refractivity contribution in [2.75, 3.05) is 23.9 Å². The fourth-order valence-electron chi connectivity index (χ4n) is 4.45. The Morgan fingerprint density at radius 3 is 2.73 bits per heavy atom. The van der Waals surface area contributed by atoms with Crippen LogP contribution in [0.4, 0.5) is 11.4 Å². The Morgan fingerprint density at radius 1 is 1.16 bits per heavy atom. The van der Waals surface area contributed by atoms with Crippen LogP contribution in [0.25, 0.3) is 5.82 Å². The quantitative estimate of drug-likeness (QED) is 0.324. The molecular formula is C27H25ClN6O2S. The van der Waals surface area contributed by atoms with Gasteiger partial charge in [-0.1, -0.05) is 23.7 Å². The number of aromatic nitrogens is 3. The van der Waals surface area contributed by atoms with E-state index < -0.39 is 0 Å². The lowest BCUT2D eigenvalue weighted by molar-refractivity contribution is -0.119. The number of thiocarbonyl (C=S) groups is 1. The standard InChI is InChI=1S/C27H25ClN6O2S/c1-17-8-11-23(30-15-17)33-13-5-7-22(33)26-25(21-6-3-4-12-29-21)32-27(37)34(26)18-9-10-20(19(28)14-18)31-24(35)16-36-2/h3-15,25-26H,16H2,1-2H3,(H,31,35)(H,32,37)/t25-,26+/m1/s1. The Hall–Kier alpha value is -3.79. The molecule has 188 valence electrons. The number of ether oxygens (including phenoxy) is 1. The van der Waals surface area contributed by atoms with E-state index in [9.17, 15) is 4.79 Å². The predicted octanol–water partition coefficient (Wildman–Crippen LogP) is 4.99. The highest BCUT2D eigenvalue weighted by atomic mass is 35.5. The van der Waals surface area contributed by atoms with E-state index >= 15 is 0 Å². The van der Waals surface area contributed by atoms with Gasteiger partial charge in [0.15, 0.2) is 5.11 Å². The number of nitrogens with zero attached hydrogens (tertiary/aromatic N) is 4. The lowest BCUT2D eigenvalue weighted by Crippen LogP contribution is -2.30. The number of hydrogen-bond acceptors (Lipinski definition) is 5. The molecule has 1 amide bonds. The first-order valence-corrected chi connectivity index (χ1v) is 12.4. The Labute approximate surface area is 225 Å². The molecule has 1 aliphatic heterocycles. The molecule has 2 atom stereocenters. The molecule has 0 radical (unpaired) electrons. The normalized spacial score (nSPS) is 17.1. The fourth-order valence-corrected chi connectivity index (χ4v) is 5.02. The minimum Gasteiger partial charge on any atom is -0.375 e. The third-order valence-corrected chi connectivity index (χ3v) is 6.73. The van der Waals surface area contributed by atoms with Gasteiger partial charge in [0.25, 0.3) is 0 Å². The molecule has 4 heterocycles. The van der Waals surface area contributed by atoms with Crippen molar-refractivity contribution in [3.63, 3.8) is 0 Å². The van der Waals surface area contributed by atoms with E-state index in [1.165, 1.54) is 7.11 Å². The number of halogens is 1. The third-order valence-electron chi connectivity index (χ3n) is 6.10. The number of benzene rings is 1. The summed E-state index contributed by atoms with van der Waals surface area (Å²) in [6.07, 6.45) is 5.61. The van der Waals surface area contributed by atoms with E-state index in [4.69, 9.17) is 28.6 Å². The Morgan fingerprint density at radius 2 is 2.03 bits per heavy atom. The average Bonchev–Trinajstić information content (AvgIpc) is 3.51. The zero-order valence-corrected chi connectivity index (χ0v) is 21.8. The van der Waals surface area contributed by atoms with Crippen LogP contribution in [-0.4, -0.2) is 39.3 Å². The molecule has 1 aliphatic rings. The summed E-state index contributed by atoms with van der Waals surface area (Å²) < 4.78 is 6.96. The first-order chi connectivity index (χ1) is 18.0. The molecule has 37 heavy (non-hydrogen) atoms. The first kappa shape index (κ1) is 24.9. The summed E-state index contributed by atoms with van der Waals surface area (Å²) >= 11 is 12.4. The van der Waals surface area contributed by atoms with Crippen molar-refractivity contribution < 1.29 is 9.53 Å². The summed E-state index contributed by atoms with van der Waals surface area (Å²) in [6, 6.07) is 18.9. The third kappa shape index (κ3) is 5.06. The van der Waals surface area contributed by atoms with E-state index in [0.29, 0.717) is 15.8 Å². The predicted molar refractivity (Wildman–Crippen MR) is 148 cm³/mol. The molecule has 3 aromatic heterocycles. The highest BCUT2D eigenvalue weighted by Gasteiger charge is 2.42. The number of carbonyl (C=O) groups excluding carboxylic acids is 1. The highest BCUT2D eigenvalue weighted by Crippen LogP contribution is 2.43. The lowest BCUT2D eigenvalue weighted by atomic mass is 10.0. The first-order valence-electron chi connectivity index (χ1n) is 11.7. The van der Waals surface area contributed by atoms with Crippen LogP contribution in [0.3, 0.4) is 0 Å². The lowest BCUT2D eigenvalue weighted by Gasteiger charge is -2.29. The second-order valence-corrected chi connectivity index (χ2v) is 9.43. The van der Waals surface area contributed by atoms with Gasteiger partial charge in [0.05, 0.1) is 22.4 Å². The van der Waals surface area contributed by atoms with Crippen LogP contribution in [0.5, 0.6) is 0 Å². The zero-order valence-electron chi connectivity index (χ0n) is 20.3. The molecule has 0 bridgehead atoms. The summed E-state index contributed by atoms with van der Waals surface area (Å²) in [5.74, 6) is 0.518. The average molecular weight is 533 g/mol. The van der Waals surface area contributed by atoms with Gasteiger partial charge in [-0.25, -0.2) is 4.98 Å². The number of hydrogen-bond donors (Lipinski definition) is 2. The SMILES string of the molecule is COCC(=O)Nc1ccc(N2C(=S)N[C@H](c3ccccn3)[C@@H]2c2cccn2-c2ccc(C)cn2)cc1Cl. The van der Waals surface area contributed by atoms with Gasteiger partial charge < -0.3 is 24.8 Å². The summed E-state index contributed by atoms with van der Waals surface area (Å²) in [5.41, 5.74) is 4.20. The smallest absolute Gasteiger partial charge is 0.250 e. The van der Waals surface area contributed by atoms with E-state index in [1.54, 1.807) is 18.3 Å². The minimum absolute atomic E-state index is 0.0594. The second-order valence-electron chi connectivity index (χ2n) is 8.64. The molecule has 0 spiro atoms. The van der Waals surface area contributed by atoms with Crippen LogP contribution in [-0.2, 0) is 9.53 Å². The Kier molecular flexibility index (Phi) is 7.18. The molecule has 0 saturated carbocycles. The number of methoxy groups -OCH3 is 1. The van der Waals surface area contributed by atoms with Crippen molar-refractivity contribution in [3.8, 4) is 5.82 Å². The van der Waals surface area contributed by atoms with Gasteiger partial charge in [0.2, 0.25) is 5.91 Å². The van der Waals surface area contributed by atoms with Gasteiger partial charge in [0.1, 0.15) is 18.5 Å². The molecule has 10 heteroatoms. The van der Waals surface area contributed by atoms with Gasteiger partial charge in [-0.2, -0.15) is 0 Å². The molecule has 4 aromatic rings.